The number of likely N-dealkylation sites (tertiary alicyclic amines) is 2. The molecule has 2 fully saturated rings. The number of aryl methyl sites for hydroxylation is 2. The van der Waals surface area contributed by atoms with Crippen molar-refractivity contribution in [1.82, 2.24) is 14.8 Å². The summed E-state index contributed by atoms with van der Waals surface area (Å²) in [4.78, 5) is 48.4. The van der Waals surface area contributed by atoms with Gasteiger partial charge in [-0.1, -0.05) is 0 Å². The van der Waals surface area contributed by atoms with Gasteiger partial charge in [0.2, 0.25) is 0 Å². The monoisotopic (exact) mass is 442 g/mol. The van der Waals surface area contributed by atoms with Crippen molar-refractivity contribution in [2.45, 2.75) is 59.3 Å². The predicted molar refractivity (Wildman–Crippen MR) is 123 cm³/mol. The third-order valence-electron chi connectivity index (χ3n) is 6.55. The fraction of sp³-hybridized carbons (Fsp3) is 0.565. The van der Waals surface area contributed by atoms with Crippen molar-refractivity contribution in [3.8, 4) is 0 Å². The van der Waals surface area contributed by atoms with E-state index in [-0.39, 0.29) is 5.91 Å². The Bertz CT molecular complexity index is 1030. The lowest BCUT2D eigenvalue weighted by Gasteiger charge is -2.27. The van der Waals surface area contributed by atoms with Crippen LogP contribution in [0.4, 0.5) is 5.69 Å². The summed E-state index contributed by atoms with van der Waals surface area (Å²) < 4.78 is 0. The Labute approximate surface area is 186 Å². The van der Waals surface area contributed by atoms with Gasteiger partial charge in [-0.2, -0.15) is 0 Å². The van der Waals surface area contributed by atoms with Crippen LogP contribution in [0.25, 0.3) is 10.2 Å². The number of thiophene rings is 1. The van der Waals surface area contributed by atoms with Gasteiger partial charge in [-0.15, -0.1) is 11.3 Å². The number of nitrogens with one attached hydrogen (secondary N) is 1. The highest BCUT2D eigenvalue weighted by Crippen LogP contribution is 2.39. The SMILES string of the molecule is Cc1nc2sc(C(=O)N3CCCCC3)c(NC(=O)C(=O)N3CCCCC3)c2c(C)c1C. The highest BCUT2D eigenvalue weighted by Gasteiger charge is 2.30. The summed E-state index contributed by atoms with van der Waals surface area (Å²) in [5, 5.41) is 3.60. The Morgan fingerprint density at radius 1 is 0.839 bits per heavy atom. The van der Waals surface area contributed by atoms with Crippen LogP contribution in [-0.4, -0.2) is 58.7 Å². The number of hydrogen-bond donors (Lipinski definition) is 1. The van der Waals surface area contributed by atoms with E-state index in [1.54, 1.807) is 4.90 Å². The molecular formula is C23H30N4O3S. The molecule has 0 unspecified atom stereocenters. The number of aromatic nitrogens is 1. The van der Waals surface area contributed by atoms with Crippen molar-refractivity contribution in [1.29, 1.82) is 0 Å². The second kappa shape index (κ2) is 8.94. The number of rotatable bonds is 2. The number of pyridine rings is 1. The molecule has 0 atom stereocenters. The summed E-state index contributed by atoms with van der Waals surface area (Å²) >= 11 is 1.31. The zero-order valence-electron chi connectivity index (χ0n) is 18.5. The first-order chi connectivity index (χ1) is 14.9. The summed E-state index contributed by atoms with van der Waals surface area (Å²) in [7, 11) is 0. The molecule has 2 aromatic heterocycles. The summed E-state index contributed by atoms with van der Waals surface area (Å²) in [6.45, 7) is 8.58. The molecule has 8 heteroatoms. The van der Waals surface area contributed by atoms with Gasteiger partial charge >= 0.3 is 11.8 Å². The fourth-order valence-electron chi connectivity index (χ4n) is 4.46. The first-order valence-corrected chi connectivity index (χ1v) is 12.0. The number of piperidine rings is 2. The maximum atomic E-state index is 13.4. The van der Waals surface area contributed by atoms with Gasteiger partial charge in [-0.05, 0) is 70.4 Å². The number of amides is 3. The number of anilines is 1. The molecule has 2 aliphatic rings. The molecule has 166 valence electrons. The summed E-state index contributed by atoms with van der Waals surface area (Å²) in [6.07, 6.45) is 6.02. The lowest BCUT2D eigenvalue weighted by molar-refractivity contribution is -0.143. The molecule has 3 amide bonds. The fourth-order valence-corrected chi connectivity index (χ4v) is 5.66. The number of nitrogens with zero attached hydrogens (tertiary/aromatic N) is 3. The van der Waals surface area contributed by atoms with Crippen molar-refractivity contribution < 1.29 is 14.4 Å². The zero-order valence-corrected chi connectivity index (χ0v) is 19.4. The molecule has 1 N–H and O–H groups in total. The maximum absolute atomic E-state index is 13.4. The van der Waals surface area contributed by atoms with Gasteiger partial charge in [-0.3, -0.25) is 14.4 Å². The van der Waals surface area contributed by atoms with Crippen molar-refractivity contribution in [3.05, 3.63) is 21.7 Å². The van der Waals surface area contributed by atoms with Crippen molar-refractivity contribution in [2.75, 3.05) is 31.5 Å². The van der Waals surface area contributed by atoms with Crippen molar-refractivity contribution >= 4 is 45.0 Å². The van der Waals surface area contributed by atoms with Crippen LogP contribution in [0.1, 0.15) is 65.0 Å². The molecule has 2 aromatic rings. The minimum Gasteiger partial charge on any atom is -0.338 e. The Hall–Kier alpha value is -2.48. The number of carbonyl (C=O) groups excluding carboxylic acids is 3. The Balaban J connectivity index is 1.73. The van der Waals surface area contributed by atoms with Crippen LogP contribution in [0.2, 0.25) is 0 Å². The molecule has 2 aliphatic heterocycles. The second-order valence-electron chi connectivity index (χ2n) is 8.59. The van der Waals surface area contributed by atoms with Crippen molar-refractivity contribution in [3.63, 3.8) is 0 Å². The van der Waals surface area contributed by atoms with Gasteiger partial charge in [0.1, 0.15) is 9.71 Å². The summed E-state index contributed by atoms with van der Waals surface area (Å²) in [5.41, 5.74) is 3.36. The Morgan fingerprint density at radius 2 is 1.42 bits per heavy atom. The molecule has 4 heterocycles. The Kier molecular flexibility index (Phi) is 6.27. The minimum absolute atomic E-state index is 0.0851. The van der Waals surface area contributed by atoms with E-state index < -0.39 is 11.8 Å². The summed E-state index contributed by atoms with van der Waals surface area (Å²) in [5.74, 6) is -1.28. The van der Waals surface area contributed by atoms with E-state index in [0.29, 0.717) is 23.7 Å². The Morgan fingerprint density at radius 3 is 2.03 bits per heavy atom. The third kappa shape index (κ3) is 4.18. The first kappa shape index (κ1) is 21.7. The molecule has 7 nitrogen and oxygen atoms in total. The highest BCUT2D eigenvalue weighted by molar-refractivity contribution is 7.21. The van der Waals surface area contributed by atoms with E-state index in [1.165, 1.54) is 11.3 Å². The lowest BCUT2D eigenvalue weighted by Crippen LogP contribution is -2.42. The molecule has 0 radical (unpaired) electrons. The van der Waals surface area contributed by atoms with E-state index in [0.717, 1.165) is 78.7 Å². The van der Waals surface area contributed by atoms with Gasteiger partial charge in [0, 0.05) is 37.3 Å². The van der Waals surface area contributed by atoms with E-state index in [9.17, 15) is 14.4 Å². The van der Waals surface area contributed by atoms with Crippen LogP contribution in [-0.2, 0) is 9.59 Å². The molecule has 4 rings (SSSR count). The topological polar surface area (TPSA) is 82.6 Å². The smallest absolute Gasteiger partial charge is 0.313 e. The van der Waals surface area contributed by atoms with Gasteiger partial charge in [0.15, 0.2) is 0 Å². The van der Waals surface area contributed by atoms with Crippen LogP contribution < -0.4 is 5.32 Å². The number of fused-ring (bicyclic) bond motifs is 1. The second-order valence-corrected chi connectivity index (χ2v) is 9.59. The molecule has 31 heavy (non-hydrogen) atoms. The van der Waals surface area contributed by atoms with Crippen LogP contribution in [0, 0.1) is 20.8 Å². The quantitative estimate of drug-likeness (QED) is 0.717. The normalized spacial score (nSPS) is 17.1. The highest BCUT2D eigenvalue weighted by atomic mass is 32.1. The van der Waals surface area contributed by atoms with Crippen LogP contribution in [0.3, 0.4) is 0 Å². The molecule has 0 saturated carbocycles. The predicted octanol–water partition coefficient (Wildman–Crippen LogP) is 3.80. The zero-order chi connectivity index (χ0) is 22.1. The standard InChI is InChI=1S/C23H30N4O3S/c1-14-15(2)17-18(25-20(28)23(30)27-12-8-5-9-13-27)19(31-21(17)24-16(14)3)22(29)26-10-6-4-7-11-26/h4-13H2,1-3H3,(H,25,28). The van der Waals surface area contributed by atoms with Crippen LogP contribution >= 0.6 is 11.3 Å². The molecule has 0 bridgehead atoms. The largest absolute Gasteiger partial charge is 0.338 e. The molecule has 0 aromatic carbocycles. The van der Waals surface area contributed by atoms with Gasteiger partial charge in [0.25, 0.3) is 5.91 Å². The first-order valence-electron chi connectivity index (χ1n) is 11.2. The van der Waals surface area contributed by atoms with Crippen molar-refractivity contribution in [2.24, 2.45) is 0 Å². The molecule has 0 aliphatic carbocycles. The average molecular weight is 443 g/mol. The number of hydrogen-bond acceptors (Lipinski definition) is 5. The maximum Gasteiger partial charge on any atom is 0.313 e. The van der Waals surface area contributed by atoms with Crippen LogP contribution in [0.15, 0.2) is 0 Å². The van der Waals surface area contributed by atoms with E-state index >= 15 is 0 Å². The van der Waals surface area contributed by atoms with Gasteiger partial charge < -0.3 is 15.1 Å². The lowest BCUT2D eigenvalue weighted by atomic mass is 10.0. The van der Waals surface area contributed by atoms with Gasteiger partial charge in [0.05, 0.1) is 5.69 Å². The minimum atomic E-state index is -0.674. The third-order valence-corrected chi connectivity index (χ3v) is 7.62. The van der Waals surface area contributed by atoms with E-state index in [4.69, 9.17) is 0 Å². The molecule has 2 saturated heterocycles. The van der Waals surface area contributed by atoms with Crippen LogP contribution in [0.5, 0.6) is 0 Å². The average Bonchev–Trinajstić information content (AvgIpc) is 3.15. The molecule has 0 spiro atoms. The van der Waals surface area contributed by atoms with Gasteiger partial charge in [-0.25, -0.2) is 4.98 Å². The van der Waals surface area contributed by atoms with E-state index in [2.05, 4.69) is 10.3 Å². The summed E-state index contributed by atoms with van der Waals surface area (Å²) in [6, 6.07) is 0. The van der Waals surface area contributed by atoms with E-state index in [1.807, 2.05) is 25.7 Å². The number of carbonyl (C=O) groups is 3. The molecular weight excluding hydrogens is 412 g/mol.